The van der Waals surface area contributed by atoms with E-state index in [1.165, 1.54) is 10.9 Å². The number of carbonyl (C=O) groups is 1. The van der Waals surface area contributed by atoms with Crippen LogP contribution in [0.4, 0.5) is 0 Å². The third kappa shape index (κ3) is 3.06. The molecule has 114 valence electrons. The number of amides is 1. The van der Waals surface area contributed by atoms with Gasteiger partial charge in [-0.1, -0.05) is 18.2 Å². The molecule has 1 atom stereocenters. The van der Waals surface area contributed by atoms with E-state index in [1.54, 1.807) is 0 Å². The molecule has 3 rings (SSSR count). The Balaban J connectivity index is 1.58. The lowest BCUT2D eigenvalue weighted by molar-refractivity contribution is -0.121. The van der Waals surface area contributed by atoms with Crippen LogP contribution < -0.4 is 5.32 Å². The lowest BCUT2D eigenvalue weighted by atomic mass is 10.1. The summed E-state index contributed by atoms with van der Waals surface area (Å²) in [4.78, 5) is 15.3. The molecule has 22 heavy (non-hydrogen) atoms. The quantitative estimate of drug-likeness (QED) is 0.750. The Morgan fingerprint density at radius 2 is 2.09 bits per heavy atom. The fraction of sp³-hybridized carbons (Fsp3) is 0.278. The molecule has 0 bridgehead atoms. The van der Waals surface area contributed by atoms with Gasteiger partial charge in [0.2, 0.25) is 5.91 Å². The van der Waals surface area contributed by atoms with Gasteiger partial charge in [0.25, 0.3) is 0 Å². The second-order valence-corrected chi connectivity index (χ2v) is 5.60. The van der Waals surface area contributed by atoms with E-state index in [4.69, 9.17) is 4.42 Å². The van der Waals surface area contributed by atoms with Crippen molar-refractivity contribution >= 4 is 16.8 Å². The van der Waals surface area contributed by atoms with Crippen molar-refractivity contribution in [3.05, 3.63) is 59.7 Å². The van der Waals surface area contributed by atoms with Gasteiger partial charge in [0.15, 0.2) is 0 Å². The van der Waals surface area contributed by atoms with Crippen LogP contribution in [0.1, 0.15) is 36.5 Å². The molecule has 1 aromatic carbocycles. The molecule has 0 saturated carbocycles. The predicted molar refractivity (Wildman–Crippen MR) is 86.6 cm³/mol. The smallest absolute Gasteiger partial charge is 0.220 e. The number of hydrogen-bond donors (Lipinski definition) is 2. The van der Waals surface area contributed by atoms with Crippen molar-refractivity contribution in [1.82, 2.24) is 10.3 Å². The van der Waals surface area contributed by atoms with Crippen molar-refractivity contribution in [1.29, 1.82) is 0 Å². The number of fused-ring (bicyclic) bond motifs is 1. The van der Waals surface area contributed by atoms with E-state index in [0.29, 0.717) is 6.42 Å². The molecule has 0 aliphatic rings. The number of aromatic amines is 1. The molecule has 0 spiro atoms. The van der Waals surface area contributed by atoms with Gasteiger partial charge in [-0.15, -0.1) is 0 Å². The summed E-state index contributed by atoms with van der Waals surface area (Å²) in [6.07, 6.45) is 3.17. The Morgan fingerprint density at radius 3 is 2.86 bits per heavy atom. The van der Waals surface area contributed by atoms with Crippen molar-refractivity contribution in [3.8, 4) is 0 Å². The number of aryl methyl sites for hydroxylation is 2. The van der Waals surface area contributed by atoms with Crippen molar-refractivity contribution in [3.63, 3.8) is 0 Å². The van der Waals surface area contributed by atoms with Crippen LogP contribution in [0.5, 0.6) is 0 Å². The van der Waals surface area contributed by atoms with Gasteiger partial charge >= 0.3 is 0 Å². The number of hydrogen-bond acceptors (Lipinski definition) is 2. The molecule has 0 aliphatic carbocycles. The minimum atomic E-state index is -0.107. The monoisotopic (exact) mass is 296 g/mol. The maximum atomic E-state index is 12.1. The number of nitrogens with one attached hydrogen (secondary N) is 2. The fourth-order valence-corrected chi connectivity index (χ4v) is 2.66. The van der Waals surface area contributed by atoms with Gasteiger partial charge in [-0.2, -0.15) is 0 Å². The Hall–Kier alpha value is -2.49. The number of furan rings is 1. The summed E-state index contributed by atoms with van der Waals surface area (Å²) in [5.74, 6) is 1.68. The standard InChI is InChI=1S/C18H20N2O2/c1-12-7-9-17(22-12)13(2)20-18(21)10-8-14-11-19-16-6-4-3-5-15(14)16/h3-7,9,11,13,19H,8,10H2,1-2H3,(H,20,21). The molecule has 2 aromatic heterocycles. The molecule has 0 saturated heterocycles. The van der Waals surface area contributed by atoms with E-state index < -0.39 is 0 Å². The SMILES string of the molecule is Cc1ccc(C(C)NC(=O)CCc2c[nH]c3ccccc23)o1. The molecule has 4 nitrogen and oxygen atoms in total. The largest absolute Gasteiger partial charge is 0.464 e. The van der Waals surface area contributed by atoms with Crippen LogP contribution in [0.15, 0.2) is 47.0 Å². The summed E-state index contributed by atoms with van der Waals surface area (Å²) in [6, 6.07) is 11.8. The van der Waals surface area contributed by atoms with Crippen LogP contribution >= 0.6 is 0 Å². The Labute approximate surface area is 129 Å². The van der Waals surface area contributed by atoms with E-state index in [2.05, 4.69) is 16.4 Å². The first kappa shape index (κ1) is 14.4. The molecule has 4 heteroatoms. The molecule has 1 amide bonds. The third-order valence-electron chi connectivity index (χ3n) is 3.86. The van der Waals surface area contributed by atoms with Crippen molar-refractivity contribution in [2.45, 2.75) is 32.7 Å². The molecule has 0 aliphatic heterocycles. The van der Waals surface area contributed by atoms with Gasteiger partial charge in [-0.25, -0.2) is 0 Å². The van der Waals surface area contributed by atoms with E-state index in [9.17, 15) is 4.79 Å². The Morgan fingerprint density at radius 1 is 1.27 bits per heavy atom. The maximum Gasteiger partial charge on any atom is 0.220 e. The first-order valence-corrected chi connectivity index (χ1v) is 7.54. The lowest BCUT2D eigenvalue weighted by Gasteiger charge is -2.11. The minimum Gasteiger partial charge on any atom is -0.464 e. The summed E-state index contributed by atoms with van der Waals surface area (Å²) in [6.45, 7) is 3.83. The molecule has 2 N–H and O–H groups in total. The van der Waals surface area contributed by atoms with Crippen LogP contribution in [-0.4, -0.2) is 10.9 Å². The highest BCUT2D eigenvalue weighted by Crippen LogP contribution is 2.19. The molecule has 1 unspecified atom stereocenters. The van der Waals surface area contributed by atoms with Crippen LogP contribution in [0.2, 0.25) is 0 Å². The average molecular weight is 296 g/mol. The summed E-state index contributed by atoms with van der Waals surface area (Å²) >= 11 is 0. The normalized spacial score (nSPS) is 12.5. The summed E-state index contributed by atoms with van der Waals surface area (Å²) in [7, 11) is 0. The van der Waals surface area contributed by atoms with Crippen molar-refractivity contribution in [2.24, 2.45) is 0 Å². The Bertz CT molecular complexity index is 785. The highest BCUT2D eigenvalue weighted by molar-refractivity contribution is 5.84. The molecule has 3 aromatic rings. The summed E-state index contributed by atoms with van der Waals surface area (Å²) in [5, 5.41) is 4.16. The van der Waals surface area contributed by atoms with Gasteiger partial charge in [-0.05, 0) is 44.0 Å². The van der Waals surface area contributed by atoms with Gasteiger partial charge in [0.05, 0.1) is 6.04 Å². The van der Waals surface area contributed by atoms with Gasteiger partial charge < -0.3 is 14.7 Å². The number of carbonyl (C=O) groups excluding carboxylic acids is 1. The first-order chi connectivity index (χ1) is 10.6. The first-order valence-electron chi connectivity index (χ1n) is 7.54. The minimum absolute atomic E-state index is 0.0341. The van der Waals surface area contributed by atoms with Crippen LogP contribution in [0, 0.1) is 6.92 Å². The third-order valence-corrected chi connectivity index (χ3v) is 3.86. The molecule has 0 fully saturated rings. The van der Waals surface area contributed by atoms with Crippen molar-refractivity contribution < 1.29 is 9.21 Å². The number of para-hydroxylation sites is 1. The van der Waals surface area contributed by atoms with Gasteiger partial charge in [0.1, 0.15) is 11.5 Å². The van der Waals surface area contributed by atoms with Gasteiger partial charge in [-0.3, -0.25) is 4.79 Å². The van der Waals surface area contributed by atoms with E-state index >= 15 is 0 Å². The molecular weight excluding hydrogens is 276 g/mol. The molecule has 2 heterocycles. The highest BCUT2D eigenvalue weighted by atomic mass is 16.3. The second kappa shape index (κ2) is 6.10. The lowest BCUT2D eigenvalue weighted by Crippen LogP contribution is -2.26. The maximum absolute atomic E-state index is 12.1. The average Bonchev–Trinajstić information content (AvgIpc) is 3.11. The van der Waals surface area contributed by atoms with Gasteiger partial charge in [0, 0.05) is 23.5 Å². The van der Waals surface area contributed by atoms with E-state index in [0.717, 1.165) is 23.5 Å². The fourth-order valence-electron chi connectivity index (χ4n) is 2.66. The van der Waals surface area contributed by atoms with E-state index in [1.807, 2.05) is 50.4 Å². The predicted octanol–water partition coefficient (Wildman–Crippen LogP) is 3.88. The highest BCUT2D eigenvalue weighted by Gasteiger charge is 2.13. The van der Waals surface area contributed by atoms with Crippen molar-refractivity contribution in [2.75, 3.05) is 0 Å². The summed E-state index contributed by atoms with van der Waals surface area (Å²) < 4.78 is 5.53. The van der Waals surface area contributed by atoms with Crippen LogP contribution in [0.25, 0.3) is 10.9 Å². The zero-order valence-electron chi connectivity index (χ0n) is 12.8. The number of H-pyrrole nitrogens is 1. The van der Waals surface area contributed by atoms with Crippen LogP contribution in [0.3, 0.4) is 0 Å². The zero-order chi connectivity index (χ0) is 15.5. The number of benzene rings is 1. The summed E-state index contributed by atoms with van der Waals surface area (Å²) in [5.41, 5.74) is 2.28. The molecular formula is C18H20N2O2. The second-order valence-electron chi connectivity index (χ2n) is 5.60. The number of rotatable bonds is 5. The van der Waals surface area contributed by atoms with Crippen LogP contribution in [-0.2, 0) is 11.2 Å². The number of aromatic nitrogens is 1. The zero-order valence-corrected chi connectivity index (χ0v) is 12.8. The Kier molecular flexibility index (Phi) is 4.00. The van der Waals surface area contributed by atoms with E-state index in [-0.39, 0.29) is 11.9 Å². The molecule has 0 radical (unpaired) electrons. The topological polar surface area (TPSA) is 58.0 Å².